The minimum atomic E-state index is -0.753. The Bertz CT molecular complexity index is 1530. The van der Waals surface area contributed by atoms with E-state index in [0.29, 0.717) is 43.7 Å². The number of rotatable bonds is 5. The molecule has 2 aliphatic rings. The maximum absolute atomic E-state index is 14.0. The summed E-state index contributed by atoms with van der Waals surface area (Å²) in [6.07, 6.45) is 1.91. The second-order valence-corrected chi connectivity index (χ2v) is 13.1. The standard InChI is InChI=1S/C35H42N4O5/c1-35(2,3)20-32(41)38-30-12-7-15-36-33(42)26-10-6-11-29(18-26)44-22-28-19-27(21-39(28)34(30)43)37-31(40)17-23-13-14-24-8-4-5-9-25(24)16-23/h4-6,8-11,13-14,16,18,27-28,30H,7,12,15,17,19-22H2,1-3H3,(H,36,42)(H,37,40)(H,38,41)/t27-,28-,30-/m0/s1. The van der Waals surface area contributed by atoms with E-state index in [4.69, 9.17) is 4.74 Å². The number of fused-ring (bicyclic) bond motifs is 4. The van der Waals surface area contributed by atoms with Crippen LogP contribution >= 0.6 is 0 Å². The highest BCUT2D eigenvalue weighted by Gasteiger charge is 2.39. The monoisotopic (exact) mass is 598 g/mol. The Morgan fingerprint density at radius 3 is 2.55 bits per heavy atom. The zero-order valence-electron chi connectivity index (χ0n) is 25.7. The number of carbonyl (C=O) groups is 4. The van der Waals surface area contributed by atoms with Gasteiger partial charge in [-0.2, -0.15) is 0 Å². The molecule has 1 saturated heterocycles. The molecule has 3 atom stereocenters. The smallest absolute Gasteiger partial charge is 0.251 e. The molecule has 1 fully saturated rings. The third kappa shape index (κ3) is 8.15. The highest BCUT2D eigenvalue weighted by atomic mass is 16.5. The van der Waals surface area contributed by atoms with E-state index in [1.54, 1.807) is 29.2 Å². The topological polar surface area (TPSA) is 117 Å². The minimum absolute atomic E-state index is 0.113. The molecule has 0 radical (unpaired) electrons. The van der Waals surface area contributed by atoms with Crippen molar-refractivity contribution >= 4 is 34.4 Å². The summed E-state index contributed by atoms with van der Waals surface area (Å²) in [5, 5.41) is 11.2. The molecule has 3 aromatic rings. The summed E-state index contributed by atoms with van der Waals surface area (Å²) in [4.78, 5) is 54.6. The van der Waals surface area contributed by atoms with E-state index >= 15 is 0 Å². The summed E-state index contributed by atoms with van der Waals surface area (Å²) in [5.74, 6) is -0.199. The number of hydrogen-bond donors (Lipinski definition) is 3. The predicted molar refractivity (Wildman–Crippen MR) is 169 cm³/mol. The van der Waals surface area contributed by atoms with Gasteiger partial charge in [-0.25, -0.2) is 0 Å². The van der Waals surface area contributed by atoms with Crippen molar-refractivity contribution in [3.8, 4) is 5.75 Å². The average molecular weight is 599 g/mol. The lowest BCUT2D eigenvalue weighted by Gasteiger charge is -2.30. The summed E-state index contributed by atoms with van der Waals surface area (Å²) in [6, 6.07) is 19.7. The lowest BCUT2D eigenvalue weighted by Crippen LogP contribution is -2.52. The third-order valence-corrected chi connectivity index (χ3v) is 8.06. The normalized spacial score (nSPS) is 21.1. The zero-order chi connectivity index (χ0) is 31.3. The van der Waals surface area contributed by atoms with Crippen LogP contribution in [0.25, 0.3) is 10.8 Å². The number of ether oxygens (including phenoxy) is 1. The number of hydrogen-bond acceptors (Lipinski definition) is 5. The van der Waals surface area contributed by atoms with E-state index in [0.717, 1.165) is 16.3 Å². The van der Waals surface area contributed by atoms with Gasteiger partial charge in [-0.05, 0) is 59.2 Å². The quantitative estimate of drug-likeness (QED) is 0.411. The van der Waals surface area contributed by atoms with E-state index in [1.165, 1.54) is 0 Å². The van der Waals surface area contributed by atoms with Crippen LogP contribution in [0.5, 0.6) is 5.75 Å². The Hall–Kier alpha value is -4.40. The molecular formula is C35H42N4O5. The number of benzene rings is 3. The second-order valence-electron chi connectivity index (χ2n) is 13.1. The Morgan fingerprint density at radius 2 is 1.75 bits per heavy atom. The summed E-state index contributed by atoms with van der Waals surface area (Å²) in [6.45, 7) is 6.80. The van der Waals surface area contributed by atoms with Crippen LogP contribution in [-0.2, 0) is 20.8 Å². The van der Waals surface area contributed by atoms with E-state index < -0.39 is 6.04 Å². The number of nitrogens with one attached hydrogen (secondary N) is 3. The van der Waals surface area contributed by atoms with Crippen LogP contribution in [0.4, 0.5) is 0 Å². The van der Waals surface area contributed by atoms with Crippen LogP contribution in [-0.4, -0.2) is 66.4 Å². The first-order valence-corrected chi connectivity index (χ1v) is 15.4. The molecule has 5 rings (SSSR count). The molecule has 3 N–H and O–H groups in total. The highest BCUT2D eigenvalue weighted by molar-refractivity contribution is 5.94. The summed E-state index contributed by atoms with van der Waals surface area (Å²) < 4.78 is 6.10. The fourth-order valence-corrected chi connectivity index (χ4v) is 5.98. The molecule has 44 heavy (non-hydrogen) atoms. The largest absolute Gasteiger partial charge is 0.491 e. The molecule has 0 saturated carbocycles. The second kappa shape index (κ2) is 13.5. The maximum Gasteiger partial charge on any atom is 0.251 e. The lowest BCUT2D eigenvalue weighted by atomic mass is 9.91. The average Bonchev–Trinajstić information content (AvgIpc) is 3.38. The van der Waals surface area contributed by atoms with Crippen molar-refractivity contribution in [2.75, 3.05) is 19.7 Å². The summed E-state index contributed by atoms with van der Waals surface area (Å²) in [5.41, 5.74) is 1.18. The van der Waals surface area contributed by atoms with E-state index in [2.05, 4.69) is 16.0 Å². The molecular weight excluding hydrogens is 556 g/mol. The summed E-state index contributed by atoms with van der Waals surface area (Å²) in [7, 11) is 0. The first-order valence-electron chi connectivity index (χ1n) is 15.4. The first-order chi connectivity index (χ1) is 21.0. The van der Waals surface area contributed by atoms with Gasteiger partial charge in [0.1, 0.15) is 18.4 Å². The van der Waals surface area contributed by atoms with Gasteiger partial charge >= 0.3 is 0 Å². The van der Waals surface area contributed by atoms with E-state index in [1.807, 2.05) is 63.2 Å². The van der Waals surface area contributed by atoms with Crippen molar-refractivity contribution in [3.05, 3.63) is 77.9 Å². The van der Waals surface area contributed by atoms with Gasteiger partial charge in [0.2, 0.25) is 17.7 Å². The molecule has 9 heteroatoms. The predicted octanol–water partition coefficient (Wildman–Crippen LogP) is 3.99. The van der Waals surface area contributed by atoms with Gasteiger partial charge in [-0.1, -0.05) is 69.3 Å². The van der Waals surface area contributed by atoms with Crippen LogP contribution in [0.2, 0.25) is 0 Å². The Morgan fingerprint density at radius 1 is 0.955 bits per heavy atom. The van der Waals surface area contributed by atoms with E-state index in [-0.39, 0.29) is 60.6 Å². The van der Waals surface area contributed by atoms with Gasteiger partial charge in [0.05, 0.1) is 12.5 Å². The van der Waals surface area contributed by atoms with Gasteiger partial charge in [0.25, 0.3) is 5.91 Å². The van der Waals surface area contributed by atoms with Gasteiger partial charge < -0.3 is 25.6 Å². The number of amides is 4. The van der Waals surface area contributed by atoms with Gasteiger partial charge in [0.15, 0.2) is 0 Å². The zero-order valence-corrected chi connectivity index (χ0v) is 25.7. The molecule has 3 aromatic carbocycles. The first kappa shape index (κ1) is 31.0. The molecule has 0 unspecified atom stereocenters. The van der Waals surface area contributed by atoms with Crippen molar-refractivity contribution in [2.24, 2.45) is 5.41 Å². The maximum atomic E-state index is 14.0. The molecule has 0 aliphatic carbocycles. The van der Waals surface area contributed by atoms with Gasteiger partial charge in [-0.15, -0.1) is 0 Å². The Kier molecular flexibility index (Phi) is 9.52. The molecule has 2 heterocycles. The van der Waals surface area contributed by atoms with Crippen LogP contribution in [0, 0.1) is 5.41 Å². The van der Waals surface area contributed by atoms with Crippen molar-refractivity contribution < 1.29 is 23.9 Å². The minimum Gasteiger partial charge on any atom is -0.491 e. The highest BCUT2D eigenvalue weighted by Crippen LogP contribution is 2.24. The van der Waals surface area contributed by atoms with Gasteiger partial charge in [-0.3, -0.25) is 19.2 Å². The number of carbonyl (C=O) groups excluding carboxylic acids is 4. The fraction of sp³-hybridized carbons (Fsp3) is 0.429. The number of nitrogens with zero attached hydrogens (tertiary/aromatic N) is 1. The van der Waals surface area contributed by atoms with Crippen LogP contribution in [0.3, 0.4) is 0 Å². The third-order valence-electron chi connectivity index (χ3n) is 8.06. The van der Waals surface area contributed by atoms with Crippen LogP contribution < -0.4 is 20.7 Å². The molecule has 9 nitrogen and oxygen atoms in total. The summed E-state index contributed by atoms with van der Waals surface area (Å²) >= 11 is 0. The van der Waals surface area contributed by atoms with Crippen molar-refractivity contribution in [1.29, 1.82) is 0 Å². The molecule has 2 aliphatic heterocycles. The van der Waals surface area contributed by atoms with Gasteiger partial charge in [0, 0.05) is 31.1 Å². The molecule has 4 amide bonds. The van der Waals surface area contributed by atoms with Crippen LogP contribution in [0.15, 0.2) is 66.7 Å². The molecule has 0 spiro atoms. The SMILES string of the molecule is CC(C)(C)CC(=O)N[C@H]1CCCNC(=O)c2cccc(c2)OC[C@@H]2C[C@H](NC(=O)Cc3ccc4ccccc4c3)CN2C1=O. The molecule has 0 aromatic heterocycles. The lowest BCUT2D eigenvalue weighted by molar-refractivity contribution is -0.138. The Labute approximate surface area is 258 Å². The van der Waals surface area contributed by atoms with Crippen molar-refractivity contribution in [1.82, 2.24) is 20.9 Å². The van der Waals surface area contributed by atoms with Crippen molar-refractivity contribution in [3.63, 3.8) is 0 Å². The molecule has 2 bridgehead atoms. The Balaban J connectivity index is 1.33. The fourth-order valence-electron chi connectivity index (χ4n) is 5.98. The van der Waals surface area contributed by atoms with Crippen molar-refractivity contribution in [2.45, 2.75) is 71.0 Å². The van der Waals surface area contributed by atoms with Crippen LogP contribution in [0.1, 0.15) is 62.4 Å². The molecule has 232 valence electrons. The van der Waals surface area contributed by atoms with E-state index in [9.17, 15) is 19.2 Å².